The van der Waals surface area contributed by atoms with E-state index in [1.54, 1.807) is 0 Å². The smallest absolute Gasteiger partial charge is 0.240 e. The van der Waals surface area contributed by atoms with E-state index in [0.29, 0.717) is 19.0 Å². The third-order valence-corrected chi connectivity index (χ3v) is 2.83. The monoisotopic (exact) mass is 275 g/mol. The zero-order valence-corrected chi connectivity index (χ0v) is 12.6. The second kappa shape index (κ2) is 6.56. The predicted molar refractivity (Wildman–Crippen MR) is 75.0 cm³/mol. The van der Waals surface area contributed by atoms with Gasteiger partial charge in [0.2, 0.25) is 5.89 Å². The Morgan fingerprint density at radius 1 is 1.05 bits per heavy atom. The van der Waals surface area contributed by atoms with Crippen LogP contribution in [0.25, 0.3) is 0 Å². The third kappa shape index (κ3) is 4.09. The van der Waals surface area contributed by atoms with E-state index < -0.39 is 0 Å². The number of hydrogen-bond donors (Lipinski definition) is 0. The van der Waals surface area contributed by atoms with Gasteiger partial charge in [-0.3, -0.25) is 4.90 Å². The molecule has 6 nitrogen and oxygen atoms in total. The molecule has 20 heavy (non-hydrogen) atoms. The second-order valence-electron chi connectivity index (χ2n) is 5.09. The summed E-state index contributed by atoms with van der Waals surface area (Å²) in [4.78, 5) is 15.3. The van der Waals surface area contributed by atoms with Gasteiger partial charge in [0.15, 0.2) is 5.82 Å². The average Bonchev–Trinajstić information content (AvgIpc) is 2.75. The molecule has 108 valence electrons. The molecule has 0 saturated heterocycles. The van der Waals surface area contributed by atoms with Crippen LogP contribution in [0.1, 0.15) is 42.3 Å². The molecule has 0 fully saturated rings. The fourth-order valence-corrected chi connectivity index (χ4v) is 2.08. The van der Waals surface area contributed by atoms with Gasteiger partial charge < -0.3 is 4.52 Å². The Balaban J connectivity index is 1.95. The fraction of sp³-hybridized carbons (Fsp3) is 0.571. The molecule has 2 rings (SSSR count). The first kappa shape index (κ1) is 14.6. The van der Waals surface area contributed by atoms with E-state index in [-0.39, 0.29) is 0 Å². The summed E-state index contributed by atoms with van der Waals surface area (Å²) in [7, 11) is 1.99. The maximum absolute atomic E-state index is 5.23. The van der Waals surface area contributed by atoms with Gasteiger partial charge in [0, 0.05) is 17.8 Å². The zero-order chi connectivity index (χ0) is 14.5. The lowest BCUT2D eigenvalue weighted by Gasteiger charge is -2.13. The minimum atomic E-state index is 0.604. The predicted octanol–water partition coefficient (Wildman–Crippen LogP) is 2.06. The van der Waals surface area contributed by atoms with Crippen molar-refractivity contribution < 1.29 is 4.52 Å². The van der Waals surface area contributed by atoms with Crippen molar-refractivity contribution >= 4 is 0 Å². The molecule has 0 atom stereocenters. The molecule has 2 aromatic heterocycles. The van der Waals surface area contributed by atoms with Gasteiger partial charge >= 0.3 is 0 Å². The quantitative estimate of drug-likeness (QED) is 0.804. The number of rotatable bonds is 6. The van der Waals surface area contributed by atoms with Gasteiger partial charge in [-0.15, -0.1) is 0 Å². The summed E-state index contributed by atoms with van der Waals surface area (Å²) in [5.74, 6) is 2.23. The standard InChI is InChI=1S/C14H21N5O/c1-5-6-12-17-14(20-18-12)9-19(4)8-13-15-10(2)7-11(3)16-13/h7H,5-6,8-9H2,1-4H3. The molecule has 0 amide bonds. The molecular weight excluding hydrogens is 254 g/mol. The molecule has 0 saturated carbocycles. The lowest BCUT2D eigenvalue weighted by Crippen LogP contribution is -2.19. The van der Waals surface area contributed by atoms with Gasteiger partial charge in [-0.1, -0.05) is 12.1 Å². The SMILES string of the molecule is CCCc1noc(CN(C)Cc2nc(C)cc(C)n2)n1. The van der Waals surface area contributed by atoms with Crippen LogP contribution in [0.3, 0.4) is 0 Å². The van der Waals surface area contributed by atoms with Crippen molar-refractivity contribution in [3.05, 3.63) is 35.0 Å². The molecule has 6 heteroatoms. The van der Waals surface area contributed by atoms with Crippen LogP contribution in [-0.4, -0.2) is 32.1 Å². The van der Waals surface area contributed by atoms with Crippen LogP contribution in [0.4, 0.5) is 0 Å². The number of hydrogen-bond acceptors (Lipinski definition) is 6. The van der Waals surface area contributed by atoms with E-state index in [2.05, 4.69) is 31.9 Å². The van der Waals surface area contributed by atoms with Crippen molar-refractivity contribution in [3.63, 3.8) is 0 Å². The van der Waals surface area contributed by atoms with Gasteiger partial charge in [0.1, 0.15) is 5.82 Å². The number of nitrogens with zero attached hydrogens (tertiary/aromatic N) is 5. The van der Waals surface area contributed by atoms with Crippen molar-refractivity contribution in [1.82, 2.24) is 25.0 Å². The molecule has 0 aliphatic carbocycles. The van der Waals surface area contributed by atoms with Crippen LogP contribution in [0.5, 0.6) is 0 Å². The lowest BCUT2D eigenvalue weighted by atomic mass is 10.3. The van der Waals surface area contributed by atoms with Crippen LogP contribution < -0.4 is 0 Å². The van der Waals surface area contributed by atoms with Crippen LogP contribution in [0, 0.1) is 13.8 Å². The average molecular weight is 275 g/mol. The van der Waals surface area contributed by atoms with Crippen molar-refractivity contribution in [2.75, 3.05) is 7.05 Å². The number of aromatic nitrogens is 4. The molecule has 0 N–H and O–H groups in total. The first-order valence-electron chi connectivity index (χ1n) is 6.88. The molecule has 0 aliphatic heterocycles. The van der Waals surface area contributed by atoms with Crippen molar-refractivity contribution in [1.29, 1.82) is 0 Å². The fourth-order valence-electron chi connectivity index (χ4n) is 2.08. The van der Waals surface area contributed by atoms with Gasteiger partial charge in [-0.25, -0.2) is 9.97 Å². The normalized spacial score (nSPS) is 11.2. The molecule has 0 bridgehead atoms. The summed E-state index contributed by atoms with van der Waals surface area (Å²) >= 11 is 0. The Labute approximate surface area is 119 Å². The maximum atomic E-state index is 5.23. The Bertz CT molecular complexity index is 546. The first-order valence-corrected chi connectivity index (χ1v) is 6.88. The summed E-state index contributed by atoms with van der Waals surface area (Å²) in [6.07, 6.45) is 1.87. The minimum Gasteiger partial charge on any atom is -0.338 e. The van der Waals surface area contributed by atoms with E-state index in [0.717, 1.165) is 35.9 Å². The summed E-state index contributed by atoms with van der Waals surface area (Å²) in [5.41, 5.74) is 1.98. The van der Waals surface area contributed by atoms with Gasteiger partial charge in [-0.2, -0.15) is 4.98 Å². The Morgan fingerprint density at radius 2 is 1.75 bits per heavy atom. The largest absolute Gasteiger partial charge is 0.338 e. The molecular formula is C14H21N5O. The van der Waals surface area contributed by atoms with E-state index in [9.17, 15) is 0 Å². The molecule has 0 radical (unpaired) electrons. The topological polar surface area (TPSA) is 67.9 Å². The summed E-state index contributed by atoms with van der Waals surface area (Å²) < 4.78 is 5.23. The summed E-state index contributed by atoms with van der Waals surface area (Å²) in [6, 6.07) is 1.97. The molecule has 0 aliphatic rings. The van der Waals surface area contributed by atoms with Crippen molar-refractivity contribution in [2.45, 2.75) is 46.7 Å². The second-order valence-corrected chi connectivity index (χ2v) is 5.09. The highest BCUT2D eigenvalue weighted by molar-refractivity contribution is 5.08. The van der Waals surface area contributed by atoms with Gasteiger partial charge in [0.25, 0.3) is 0 Å². The Morgan fingerprint density at radius 3 is 2.40 bits per heavy atom. The Kier molecular flexibility index (Phi) is 4.79. The molecule has 2 aromatic rings. The van der Waals surface area contributed by atoms with Crippen molar-refractivity contribution in [2.24, 2.45) is 0 Å². The third-order valence-electron chi connectivity index (χ3n) is 2.83. The van der Waals surface area contributed by atoms with Crippen LogP contribution >= 0.6 is 0 Å². The Hall–Kier alpha value is -1.82. The van der Waals surface area contributed by atoms with Crippen molar-refractivity contribution in [3.8, 4) is 0 Å². The summed E-state index contributed by atoms with van der Waals surface area (Å²) in [6.45, 7) is 7.32. The van der Waals surface area contributed by atoms with Gasteiger partial charge in [0.05, 0.1) is 13.1 Å². The minimum absolute atomic E-state index is 0.604. The highest BCUT2D eigenvalue weighted by Crippen LogP contribution is 2.06. The van der Waals surface area contributed by atoms with Crippen LogP contribution in [-0.2, 0) is 19.5 Å². The summed E-state index contributed by atoms with van der Waals surface area (Å²) in [5, 5.41) is 3.95. The first-order chi connectivity index (χ1) is 9.56. The molecule has 0 aromatic carbocycles. The number of aryl methyl sites for hydroxylation is 3. The van der Waals surface area contributed by atoms with E-state index >= 15 is 0 Å². The van der Waals surface area contributed by atoms with E-state index in [4.69, 9.17) is 4.52 Å². The van der Waals surface area contributed by atoms with Gasteiger partial charge in [-0.05, 0) is 33.4 Å². The zero-order valence-electron chi connectivity index (χ0n) is 12.6. The lowest BCUT2D eigenvalue weighted by molar-refractivity contribution is 0.255. The molecule has 0 spiro atoms. The van der Waals surface area contributed by atoms with E-state index in [1.165, 1.54) is 0 Å². The van der Waals surface area contributed by atoms with E-state index in [1.807, 2.05) is 27.0 Å². The van der Waals surface area contributed by atoms with Crippen LogP contribution in [0.15, 0.2) is 10.6 Å². The molecule has 0 unspecified atom stereocenters. The van der Waals surface area contributed by atoms with Crippen LogP contribution in [0.2, 0.25) is 0 Å². The highest BCUT2D eigenvalue weighted by atomic mass is 16.5. The highest BCUT2D eigenvalue weighted by Gasteiger charge is 2.10. The molecule has 2 heterocycles. The maximum Gasteiger partial charge on any atom is 0.240 e.